The van der Waals surface area contributed by atoms with Gasteiger partial charge in [0.2, 0.25) is 0 Å². The van der Waals surface area contributed by atoms with E-state index in [4.69, 9.17) is 4.74 Å². The topological polar surface area (TPSA) is 53.9 Å². The maximum Gasteiger partial charge on any atom is 0.271 e. The van der Waals surface area contributed by atoms with Crippen molar-refractivity contribution in [1.82, 2.24) is 5.43 Å². The number of carbonyl (C=O) groups excluding carboxylic acids is 1. The monoisotopic (exact) mass is 495 g/mol. The third-order valence-electron chi connectivity index (χ3n) is 5.23. The van der Waals surface area contributed by atoms with Gasteiger partial charge in [0.1, 0.15) is 18.2 Å². The largest absolute Gasteiger partial charge is 0.488 e. The molecule has 1 aliphatic rings. The van der Waals surface area contributed by atoms with Crippen molar-refractivity contribution in [3.63, 3.8) is 0 Å². The molecule has 0 aliphatic carbocycles. The number of hydrogen-bond donors (Lipinski definition) is 1. The zero-order valence-electron chi connectivity index (χ0n) is 17.4. The normalized spacial score (nSPS) is 13.5. The maximum atomic E-state index is 13.4. The first-order valence-electron chi connectivity index (χ1n) is 10.4. The van der Waals surface area contributed by atoms with Gasteiger partial charge in [0.15, 0.2) is 0 Å². The molecule has 164 valence electrons. The van der Waals surface area contributed by atoms with E-state index in [2.05, 4.69) is 31.4 Å². The maximum absolute atomic E-state index is 13.4. The minimum atomic E-state index is -0.306. The van der Waals surface area contributed by atoms with Gasteiger partial charge >= 0.3 is 0 Å². The van der Waals surface area contributed by atoms with E-state index < -0.39 is 0 Å². The second-order valence-corrected chi connectivity index (χ2v) is 8.46. The van der Waals surface area contributed by atoms with Gasteiger partial charge in [-0.2, -0.15) is 5.10 Å². The number of amides is 1. The van der Waals surface area contributed by atoms with E-state index in [1.54, 1.807) is 18.2 Å². The average Bonchev–Trinajstić information content (AvgIpc) is 3.34. The van der Waals surface area contributed by atoms with Gasteiger partial charge in [-0.05, 0) is 73.0 Å². The molecule has 0 atom stereocenters. The molecule has 0 saturated carbocycles. The van der Waals surface area contributed by atoms with Crippen molar-refractivity contribution in [2.75, 3.05) is 18.0 Å². The van der Waals surface area contributed by atoms with Crippen molar-refractivity contribution in [3.8, 4) is 5.75 Å². The summed E-state index contributed by atoms with van der Waals surface area (Å²) < 4.78 is 20.1. The molecule has 5 nitrogen and oxygen atoms in total. The molecule has 1 fully saturated rings. The molecule has 3 aromatic carbocycles. The van der Waals surface area contributed by atoms with Crippen LogP contribution in [0.5, 0.6) is 5.75 Å². The van der Waals surface area contributed by atoms with Crippen molar-refractivity contribution in [1.29, 1.82) is 0 Å². The Morgan fingerprint density at radius 2 is 1.88 bits per heavy atom. The first kappa shape index (κ1) is 22.0. The van der Waals surface area contributed by atoms with Gasteiger partial charge in [0.05, 0.1) is 6.21 Å². The fourth-order valence-corrected chi connectivity index (χ4v) is 3.94. The average molecular weight is 496 g/mol. The van der Waals surface area contributed by atoms with Crippen molar-refractivity contribution in [3.05, 3.63) is 93.7 Å². The predicted octanol–water partition coefficient (Wildman–Crippen LogP) is 5.53. The number of benzene rings is 3. The summed E-state index contributed by atoms with van der Waals surface area (Å²) in [7, 11) is 0. The van der Waals surface area contributed by atoms with Gasteiger partial charge in [-0.15, -0.1) is 0 Å². The van der Waals surface area contributed by atoms with Crippen LogP contribution in [-0.2, 0) is 6.61 Å². The third kappa shape index (κ3) is 5.73. The molecule has 1 aliphatic heterocycles. The van der Waals surface area contributed by atoms with Crippen molar-refractivity contribution >= 4 is 33.7 Å². The first-order valence-corrected chi connectivity index (χ1v) is 11.2. The number of halogens is 2. The molecular formula is C25H23BrFN3O2. The van der Waals surface area contributed by atoms with Crippen LogP contribution in [0, 0.1) is 5.82 Å². The van der Waals surface area contributed by atoms with E-state index in [-0.39, 0.29) is 18.3 Å². The molecule has 0 unspecified atom stereocenters. The third-order valence-corrected chi connectivity index (χ3v) is 5.72. The number of hydrogen-bond acceptors (Lipinski definition) is 4. The molecule has 1 saturated heterocycles. The Morgan fingerprint density at radius 3 is 2.62 bits per heavy atom. The Morgan fingerprint density at radius 1 is 1.09 bits per heavy atom. The summed E-state index contributed by atoms with van der Waals surface area (Å²) in [5.41, 5.74) is 5.64. The standard InChI is InChI=1S/C25H23BrFN3O2/c26-21-8-11-24(32-17-18-4-3-5-22(27)14-18)20(15-21)16-28-29-25(31)19-6-9-23(10-7-19)30-12-1-2-13-30/h3-11,14-16H,1-2,12-13,17H2,(H,29,31)/b28-16-. The quantitative estimate of drug-likeness (QED) is 0.346. The Hall–Kier alpha value is -3.19. The molecule has 1 amide bonds. The highest BCUT2D eigenvalue weighted by Gasteiger charge is 2.13. The van der Waals surface area contributed by atoms with Crippen LogP contribution in [0.1, 0.15) is 34.3 Å². The number of rotatable bonds is 7. The number of hydrazone groups is 1. The van der Waals surface area contributed by atoms with E-state index in [0.717, 1.165) is 28.8 Å². The smallest absolute Gasteiger partial charge is 0.271 e. The lowest BCUT2D eigenvalue weighted by Gasteiger charge is -2.17. The zero-order valence-corrected chi connectivity index (χ0v) is 19.0. The molecule has 0 spiro atoms. The highest BCUT2D eigenvalue weighted by atomic mass is 79.9. The molecule has 7 heteroatoms. The molecule has 1 N–H and O–H groups in total. The van der Waals surface area contributed by atoms with Crippen molar-refractivity contribution in [2.24, 2.45) is 5.10 Å². The van der Waals surface area contributed by atoms with Gasteiger partial charge in [-0.1, -0.05) is 28.1 Å². The minimum absolute atomic E-state index is 0.218. The highest BCUT2D eigenvalue weighted by Crippen LogP contribution is 2.23. The predicted molar refractivity (Wildman–Crippen MR) is 128 cm³/mol. The molecule has 32 heavy (non-hydrogen) atoms. The molecule has 4 rings (SSSR count). The molecule has 3 aromatic rings. The lowest BCUT2D eigenvalue weighted by atomic mass is 10.2. The first-order chi connectivity index (χ1) is 15.6. The summed E-state index contributed by atoms with van der Waals surface area (Å²) in [6.45, 7) is 2.34. The number of anilines is 1. The Bertz CT molecular complexity index is 1110. The van der Waals surface area contributed by atoms with Crippen LogP contribution in [0.15, 0.2) is 76.3 Å². The van der Waals surface area contributed by atoms with E-state index >= 15 is 0 Å². The lowest BCUT2D eigenvalue weighted by molar-refractivity contribution is 0.0955. The fourth-order valence-electron chi connectivity index (χ4n) is 3.56. The van der Waals surface area contributed by atoms with E-state index in [9.17, 15) is 9.18 Å². The van der Waals surface area contributed by atoms with Crippen LogP contribution in [0.25, 0.3) is 0 Å². The molecule has 1 heterocycles. The van der Waals surface area contributed by atoms with Crippen molar-refractivity contribution < 1.29 is 13.9 Å². The van der Waals surface area contributed by atoms with Gasteiger partial charge in [-0.3, -0.25) is 4.79 Å². The number of carbonyl (C=O) groups is 1. The second kappa shape index (κ2) is 10.4. The summed E-state index contributed by atoms with van der Waals surface area (Å²) in [5.74, 6) is -0.0169. The SMILES string of the molecule is O=C(N/N=C\c1cc(Br)ccc1OCc1cccc(F)c1)c1ccc(N2CCCC2)cc1. The van der Waals surface area contributed by atoms with Crippen LogP contribution in [-0.4, -0.2) is 25.2 Å². The highest BCUT2D eigenvalue weighted by molar-refractivity contribution is 9.10. The molecule has 0 aromatic heterocycles. The molecule has 0 radical (unpaired) electrons. The Balaban J connectivity index is 1.39. The minimum Gasteiger partial charge on any atom is -0.488 e. The molecule has 0 bridgehead atoms. The Labute approximate surface area is 195 Å². The van der Waals surface area contributed by atoms with Crippen LogP contribution in [0.4, 0.5) is 10.1 Å². The summed E-state index contributed by atoms with van der Waals surface area (Å²) >= 11 is 3.44. The number of nitrogens with one attached hydrogen (secondary N) is 1. The number of nitrogens with zero attached hydrogens (tertiary/aromatic N) is 2. The van der Waals surface area contributed by atoms with Gasteiger partial charge in [0.25, 0.3) is 5.91 Å². The molecular weight excluding hydrogens is 473 g/mol. The Kier molecular flexibility index (Phi) is 7.17. The summed E-state index contributed by atoms with van der Waals surface area (Å²) in [6, 6.07) is 19.3. The summed E-state index contributed by atoms with van der Waals surface area (Å²) in [4.78, 5) is 14.8. The van der Waals surface area contributed by atoms with Crippen LogP contribution in [0.2, 0.25) is 0 Å². The van der Waals surface area contributed by atoms with Gasteiger partial charge < -0.3 is 9.64 Å². The van der Waals surface area contributed by atoms with Crippen LogP contribution in [0.3, 0.4) is 0 Å². The second-order valence-electron chi connectivity index (χ2n) is 7.54. The van der Waals surface area contributed by atoms with E-state index in [1.807, 2.05) is 36.4 Å². The van der Waals surface area contributed by atoms with E-state index in [0.29, 0.717) is 16.9 Å². The van der Waals surface area contributed by atoms with Crippen LogP contribution >= 0.6 is 15.9 Å². The fraction of sp³-hybridized carbons (Fsp3) is 0.200. The summed E-state index contributed by atoms with van der Waals surface area (Å²) in [5, 5.41) is 4.09. The van der Waals surface area contributed by atoms with Gasteiger partial charge in [0, 0.05) is 34.4 Å². The summed E-state index contributed by atoms with van der Waals surface area (Å²) in [6.07, 6.45) is 3.95. The van der Waals surface area contributed by atoms with E-state index in [1.165, 1.54) is 31.2 Å². The lowest BCUT2D eigenvalue weighted by Crippen LogP contribution is -2.19. The van der Waals surface area contributed by atoms with Crippen LogP contribution < -0.4 is 15.1 Å². The zero-order chi connectivity index (χ0) is 22.3. The number of ether oxygens (including phenoxy) is 1. The van der Waals surface area contributed by atoms with Crippen molar-refractivity contribution in [2.45, 2.75) is 19.4 Å². The van der Waals surface area contributed by atoms with Gasteiger partial charge in [-0.25, -0.2) is 9.82 Å².